The number of anilines is 1. The smallest absolute Gasteiger partial charge is 0.387 e. The van der Waals surface area contributed by atoms with E-state index in [1.165, 1.54) is 18.2 Å². The molecule has 2 atom stereocenters. The van der Waals surface area contributed by atoms with Crippen LogP contribution in [0.2, 0.25) is 0 Å². The highest BCUT2D eigenvalue weighted by Gasteiger charge is 2.33. The molecular formula is C15H18F2N2O4. The molecule has 0 spiro atoms. The van der Waals surface area contributed by atoms with Crippen LogP contribution in [0.3, 0.4) is 0 Å². The molecule has 1 aliphatic heterocycles. The number of ether oxygens (including phenoxy) is 1. The Morgan fingerprint density at radius 2 is 2.09 bits per heavy atom. The highest BCUT2D eigenvalue weighted by molar-refractivity contribution is 5.95. The highest BCUT2D eigenvalue weighted by Crippen LogP contribution is 2.26. The number of carboxylic acids is 1. The maximum atomic E-state index is 12.4. The second-order valence-corrected chi connectivity index (χ2v) is 5.36. The van der Waals surface area contributed by atoms with Crippen molar-refractivity contribution in [2.45, 2.75) is 26.0 Å². The lowest BCUT2D eigenvalue weighted by molar-refractivity contribution is -0.141. The molecular weight excluding hydrogens is 310 g/mol. The second kappa shape index (κ2) is 7.36. The maximum Gasteiger partial charge on any atom is 0.387 e. The van der Waals surface area contributed by atoms with Crippen LogP contribution in [0, 0.1) is 5.92 Å². The Morgan fingerprint density at radius 1 is 1.39 bits per heavy atom. The van der Waals surface area contributed by atoms with Gasteiger partial charge >= 0.3 is 12.6 Å². The summed E-state index contributed by atoms with van der Waals surface area (Å²) in [6.07, 6.45) is 0.484. The quantitative estimate of drug-likeness (QED) is 0.835. The molecule has 1 fully saturated rings. The standard InChI is InChI=1S/C15H18F2N2O4/c1-9(19-7-6-10(8-19)14(21)22)13(20)18-11-4-2-3-5-12(11)23-15(16)17/h2-5,9-10,15H,6-8H2,1H3,(H,18,20)(H,21,22). The number of carboxylic acid groups (broad SMARTS) is 1. The molecule has 0 aliphatic carbocycles. The van der Waals surface area contributed by atoms with Crippen LogP contribution in [0.1, 0.15) is 13.3 Å². The van der Waals surface area contributed by atoms with E-state index in [1.54, 1.807) is 17.9 Å². The molecule has 1 saturated heterocycles. The van der Waals surface area contributed by atoms with Crippen LogP contribution in [0.5, 0.6) is 5.75 Å². The van der Waals surface area contributed by atoms with Crippen molar-refractivity contribution in [1.29, 1.82) is 0 Å². The van der Waals surface area contributed by atoms with Gasteiger partial charge in [0.05, 0.1) is 17.6 Å². The van der Waals surface area contributed by atoms with Crippen molar-refractivity contribution < 1.29 is 28.2 Å². The fraction of sp³-hybridized carbons (Fsp3) is 0.467. The number of rotatable bonds is 6. The van der Waals surface area contributed by atoms with Gasteiger partial charge in [-0.3, -0.25) is 14.5 Å². The normalized spacial score (nSPS) is 19.6. The summed E-state index contributed by atoms with van der Waals surface area (Å²) < 4.78 is 29.1. The van der Waals surface area contributed by atoms with Crippen LogP contribution in [-0.2, 0) is 9.59 Å². The zero-order valence-electron chi connectivity index (χ0n) is 12.5. The Bertz CT molecular complexity index is 582. The summed E-state index contributed by atoms with van der Waals surface area (Å²) in [5, 5.41) is 11.5. The van der Waals surface area contributed by atoms with Gasteiger partial charge in [-0.25, -0.2) is 0 Å². The van der Waals surface area contributed by atoms with Gasteiger partial charge in [0.15, 0.2) is 0 Å². The average Bonchev–Trinajstić information content (AvgIpc) is 2.98. The van der Waals surface area contributed by atoms with Crippen molar-refractivity contribution in [2.75, 3.05) is 18.4 Å². The number of nitrogens with zero attached hydrogens (tertiary/aromatic N) is 1. The molecule has 0 saturated carbocycles. The first-order chi connectivity index (χ1) is 10.9. The van der Waals surface area contributed by atoms with Crippen LogP contribution in [0.4, 0.5) is 14.5 Å². The fourth-order valence-electron chi connectivity index (χ4n) is 2.51. The van der Waals surface area contributed by atoms with Gasteiger partial charge in [-0.05, 0) is 32.0 Å². The van der Waals surface area contributed by atoms with Gasteiger partial charge in [0.2, 0.25) is 5.91 Å². The van der Waals surface area contributed by atoms with E-state index >= 15 is 0 Å². The van der Waals surface area contributed by atoms with E-state index in [1.807, 2.05) is 0 Å². The van der Waals surface area contributed by atoms with Gasteiger partial charge in [0, 0.05) is 6.54 Å². The number of hydrogen-bond acceptors (Lipinski definition) is 4. The number of likely N-dealkylation sites (tertiary alicyclic amines) is 1. The third-order valence-corrected chi connectivity index (χ3v) is 3.86. The molecule has 8 heteroatoms. The van der Waals surface area contributed by atoms with Crippen LogP contribution in [0.15, 0.2) is 24.3 Å². The third kappa shape index (κ3) is 4.38. The van der Waals surface area contributed by atoms with Crippen molar-refractivity contribution in [3.63, 3.8) is 0 Å². The molecule has 2 N–H and O–H groups in total. The lowest BCUT2D eigenvalue weighted by atomic mass is 10.1. The third-order valence-electron chi connectivity index (χ3n) is 3.86. The molecule has 6 nitrogen and oxygen atoms in total. The first kappa shape index (κ1) is 17.1. The lowest BCUT2D eigenvalue weighted by Crippen LogP contribution is -2.41. The number of nitrogens with one attached hydrogen (secondary N) is 1. The molecule has 23 heavy (non-hydrogen) atoms. The lowest BCUT2D eigenvalue weighted by Gasteiger charge is -2.23. The summed E-state index contributed by atoms with van der Waals surface area (Å²) in [5.74, 6) is -1.88. The van der Waals surface area contributed by atoms with Crippen molar-refractivity contribution in [1.82, 2.24) is 4.90 Å². The monoisotopic (exact) mass is 328 g/mol. The number of hydrogen-bond donors (Lipinski definition) is 2. The van der Waals surface area contributed by atoms with Gasteiger partial charge in [0.1, 0.15) is 5.75 Å². The zero-order chi connectivity index (χ0) is 17.0. The van der Waals surface area contributed by atoms with E-state index in [-0.39, 0.29) is 11.4 Å². The molecule has 2 unspecified atom stereocenters. The number of amides is 1. The van der Waals surface area contributed by atoms with Gasteiger partial charge in [-0.2, -0.15) is 8.78 Å². The first-order valence-electron chi connectivity index (χ1n) is 7.20. The Morgan fingerprint density at radius 3 is 2.70 bits per heavy atom. The molecule has 1 aromatic rings. The summed E-state index contributed by atoms with van der Waals surface area (Å²) in [6.45, 7) is -0.545. The van der Waals surface area contributed by atoms with Gasteiger partial charge in [-0.15, -0.1) is 0 Å². The number of alkyl halides is 2. The largest absolute Gasteiger partial charge is 0.481 e. The van der Waals surface area contributed by atoms with Crippen LogP contribution in [0.25, 0.3) is 0 Å². The maximum absolute atomic E-state index is 12.4. The summed E-state index contributed by atoms with van der Waals surface area (Å²) in [4.78, 5) is 25.0. The Kier molecular flexibility index (Phi) is 5.49. The Balaban J connectivity index is 2.00. The molecule has 1 heterocycles. The Hall–Kier alpha value is -2.22. The average molecular weight is 328 g/mol. The summed E-state index contributed by atoms with van der Waals surface area (Å²) in [7, 11) is 0. The molecule has 0 bridgehead atoms. The number of carbonyl (C=O) groups excluding carboxylic acids is 1. The number of halogens is 2. The minimum Gasteiger partial charge on any atom is -0.481 e. The molecule has 1 amide bonds. The SMILES string of the molecule is CC(C(=O)Nc1ccccc1OC(F)F)N1CCC(C(=O)O)C1. The van der Waals surface area contributed by atoms with E-state index in [4.69, 9.17) is 5.11 Å². The number of benzene rings is 1. The predicted molar refractivity (Wildman–Crippen MR) is 78.5 cm³/mol. The molecule has 126 valence electrons. The van der Waals surface area contributed by atoms with Gasteiger partial charge < -0.3 is 15.2 Å². The van der Waals surface area contributed by atoms with E-state index in [0.717, 1.165) is 0 Å². The number of para-hydroxylation sites is 2. The van der Waals surface area contributed by atoms with Crippen molar-refractivity contribution in [2.24, 2.45) is 5.92 Å². The molecule has 1 aromatic carbocycles. The molecule has 0 radical (unpaired) electrons. The van der Waals surface area contributed by atoms with Gasteiger partial charge in [0.25, 0.3) is 0 Å². The van der Waals surface area contributed by atoms with Crippen LogP contribution in [-0.4, -0.2) is 47.6 Å². The second-order valence-electron chi connectivity index (χ2n) is 5.36. The molecule has 0 aromatic heterocycles. The topological polar surface area (TPSA) is 78.9 Å². The minimum atomic E-state index is -2.99. The van der Waals surface area contributed by atoms with Crippen LogP contribution >= 0.6 is 0 Å². The summed E-state index contributed by atoms with van der Waals surface area (Å²) in [6, 6.07) is 5.35. The first-order valence-corrected chi connectivity index (χ1v) is 7.20. The van der Waals surface area contributed by atoms with E-state index in [0.29, 0.717) is 19.5 Å². The predicted octanol–water partition coefficient (Wildman–Crippen LogP) is 2.02. The van der Waals surface area contributed by atoms with E-state index in [2.05, 4.69) is 10.1 Å². The number of aliphatic carboxylic acids is 1. The zero-order valence-corrected chi connectivity index (χ0v) is 12.5. The molecule has 2 rings (SSSR count). The van der Waals surface area contributed by atoms with E-state index in [9.17, 15) is 18.4 Å². The summed E-state index contributed by atoms with van der Waals surface area (Å²) in [5.41, 5.74) is 0.152. The van der Waals surface area contributed by atoms with Crippen molar-refractivity contribution in [3.8, 4) is 5.75 Å². The minimum absolute atomic E-state index is 0.118. The Labute approximate surface area is 132 Å². The van der Waals surface area contributed by atoms with E-state index < -0.39 is 30.4 Å². The fourth-order valence-corrected chi connectivity index (χ4v) is 2.51. The van der Waals surface area contributed by atoms with Gasteiger partial charge in [-0.1, -0.05) is 12.1 Å². The molecule has 1 aliphatic rings. The number of carbonyl (C=O) groups is 2. The summed E-state index contributed by atoms with van der Waals surface area (Å²) >= 11 is 0. The highest BCUT2D eigenvalue weighted by atomic mass is 19.3. The van der Waals surface area contributed by atoms with Crippen molar-refractivity contribution in [3.05, 3.63) is 24.3 Å². The van der Waals surface area contributed by atoms with Crippen LogP contribution < -0.4 is 10.1 Å². The van der Waals surface area contributed by atoms with Crippen molar-refractivity contribution >= 4 is 17.6 Å².